The van der Waals surface area contributed by atoms with Gasteiger partial charge in [0.1, 0.15) is 0 Å². The van der Waals surface area contributed by atoms with Gasteiger partial charge in [0, 0.05) is 0 Å². The first kappa shape index (κ1) is 22.7. The number of hydrogen-bond donors (Lipinski definition) is 0. The van der Waals surface area contributed by atoms with E-state index in [-0.39, 0.29) is 0 Å². The average molecular weight is 409 g/mol. The first-order valence-electron chi connectivity index (χ1n) is 10.3. The lowest BCUT2D eigenvalue weighted by Gasteiger charge is -2.34. The normalized spacial score (nSPS) is 28.5. The molecule has 0 aromatic carbocycles. The summed E-state index contributed by atoms with van der Waals surface area (Å²) in [5.74, 6) is 0. The molecule has 0 unspecified atom stereocenters. The molecule has 0 aliphatic carbocycles. The third-order valence-corrected chi connectivity index (χ3v) is 17.6. The van der Waals surface area contributed by atoms with Crippen molar-refractivity contribution < 1.29 is 16.5 Å². The smallest absolute Gasteiger partial charge is 0.303 e. The second-order valence-corrected chi connectivity index (χ2v) is 16.9. The summed E-state index contributed by atoms with van der Waals surface area (Å²) in [5.41, 5.74) is 0. The fourth-order valence-electron chi connectivity index (χ4n) is 2.83. The van der Waals surface area contributed by atoms with Crippen molar-refractivity contribution in [2.75, 3.05) is 0 Å². The fraction of sp³-hybridized carbons (Fsp3) is 1.00. The molecule has 0 amide bonds. The Bertz CT molecular complexity index is 235. The van der Waals surface area contributed by atoms with Crippen molar-refractivity contribution in [3.05, 3.63) is 0 Å². The van der Waals surface area contributed by atoms with E-state index in [1.165, 1.54) is 51.4 Å². The lowest BCUT2D eigenvalue weighted by atomic mass is 10.4. The predicted octanol–water partition coefficient (Wildman–Crippen LogP) is 4.15. The lowest BCUT2D eigenvalue weighted by Crippen LogP contribution is -2.48. The van der Waals surface area contributed by atoms with Gasteiger partial charge in [0.25, 0.3) is 0 Å². The fourth-order valence-corrected chi connectivity index (χ4v) is 18.9. The molecule has 0 saturated carbocycles. The largest absolute Gasteiger partial charge is 0.420 e. The number of hydrogen-bond acceptors (Lipinski definition) is 4. The maximum absolute atomic E-state index is 6.54. The quantitative estimate of drug-likeness (QED) is 0.455. The van der Waals surface area contributed by atoms with E-state index in [0.29, 0.717) is 0 Å². The zero-order valence-corrected chi connectivity index (χ0v) is 21.0. The monoisotopic (exact) mass is 408 g/mol. The van der Waals surface area contributed by atoms with Gasteiger partial charge in [-0.15, -0.1) is 0 Å². The van der Waals surface area contributed by atoms with Crippen LogP contribution in [0.25, 0.3) is 0 Å². The zero-order valence-electron chi connectivity index (χ0n) is 16.4. The zero-order chi connectivity index (χ0) is 17.6. The van der Waals surface area contributed by atoms with E-state index in [1.807, 2.05) is 0 Å². The second-order valence-electron chi connectivity index (χ2n) is 6.83. The summed E-state index contributed by atoms with van der Waals surface area (Å²) in [5, 5.41) is 0. The number of unbranched alkanes of at least 4 members (excludes halogenated alkanes) is 4. The molecule has 1 aliphatic rings. The van der Waals surface area contributed by atoms with Gasteiger partial charge < -0.3 is 16.5 Å². The molecule has 4 nitrogen and oxygen atoms in total. The molecule has 144 valence electrons. The molecule has 0 bridgehead atoms. The second kappa shape index (κ2) is 14.8. The summed E-state index contributed by atoms with van der Waals surface area (Å²) in [6.45, 7) is 8.98. The van der Waals surface area contributed by atoms with Crippen molar-refractivity contribution in [1.29, 1.82) is 0 Å². The highest BCUT2D eigenvalue weighted by Crippen LogP contribution is 2.20. The molecule has 0 aromatic heterocycles. The maximum Gasteiger partial charge on any atom is 0.303 e. The highest BCUT2D eigenvalue weighted by Gasteiger charge is 2.33. The van der Waals surface area contributed by atoms with Gasteiger partial charge in [-0.1, -0.05) is 79.1 Å². The molecule has 24 heavy (non-hydrogen) atoms. The molecule has 1 aliphatic heterocycles. The van der Waals surface area contributed by atoms with Crippen molar-refractivity contribution in [3.63, 3.8) is 0 Å². The van der Waals surface area contributed by atoms with Crippen molar-refractivity contribution in [2.24, 2.45) is 0 Å². The van der Waals surface area contributed by atoms with Gasteiger partial charge in [-0.3, -0.25) is 0 Å². The van der Waals surface area contributed by atoms with E-state index in [0.717, 1.165) is 24.2 Å². The van der Waals surface area contributed by atoms with E-state index in [2.05, 4.69) is 27.7 Å². The Hall–Kier alpha value is 0.708. The van der Waals surface area contributed by atoms with Crippen LogP contribution < -0.4 is 0 Å². The van der Waals surface area contributed by atoms with Crippen LogP contribution in [0.2, 0.25) is 24.2 Å². The van der Waals surface area contributed by atoms with Gasteiger partial charge in [0.15, 0.2) is 0 Å². The summed E-state index contributed by atoms with van der Waals surface area (Å²) in [6.07, 6.45) is 9.74. The highest BCUT2D eigenvalue weighted by atomic mass is 28.5. The Morgan fingerprint density at radius 1 is 0.417 bits per heavy atom. The van der Waals surface area contributed by atoms with Crippen LogP contribution in [0, 0.1) is 0 Å². The Kier molecular flexibility index (Phi) is 14.1. The van der Waals surface area contributed by atoms with Gasteiger partial charge in [0.05, 0.1) is 0 Å². The Labute approximate surface area is 157 Å². The summed E-state index contributed by atoms with van der Waals surface area (Å²) in [6, 6.07) is 4.54. The van der Waals surface area contributed by atoms with Crippen LogP contribution in [0.3, 0.4) is 0 Å². The summed E-state index contributed by atoms with van der Waals surface area (Å²) in [7, 11) is -6.31. The molecule has 0 atom stereocenters. The molecule has 1 rings (SSSR count). The van der Waals surface area contributed by atoms with Gasteiger partial charge in [0.2, 0.25) is 0 Å². The van der Waals surface area contributed by atoms with Crippen molar-refractivity contribution in [2.45, 2.75) is 103 Å². The van der Waals surface area contributed by atoms with Crippen LogP contribution in [0.5, 0.6) is 0 Å². The third-order valence-electron chi connectivity index (χ3n) is 4.39. The maximum atomic E-state index is 6.54. The molecule has 8 heteroatoms. The molecule has 0 radical (unpaired) electrons. The van der Waals surface area contributed by atoms with Crippen LogP contribution >= 0.6 is 0 Å². The minimum Gasteiger partial charge on any atom is -0.420 e. The summed E-state index contributed by atoms with van der Waals surface area (Å²) in [4.78, 5) is 0. The van der Waals surface area contributed by atoms with Gasteiger partial charge in [-0.05, 0) is 24.2 Å². The Morgan fingerprint density at radius 3 is 0.792 bits per heavy atom. The molecule has 1 fully saturated rings. The summed E-state index contributed by atoms with van der Waals surface area (Å²) < 4.78 is 26.2. The first-order valence-corrected chi connectivity index (χ1v) is 17.4. The van der Waals surface area contributed by atoms with Crippen LogP contribution in [-0.2, 0) is 16.5 Å². The van der Waals surface area contributed by atoms with Gasteiger partial charge >= 0.3 is 37.1 Å². The summed E-state index contributed by atoms with van der Waals surface area (Å²) >= 11 is 0. The van der Waals surface area contributed by atoms with Gasteiger partial charge in [-0.25, -0.2) is 0 Å². The molecule has 0 spiro atoms. The van der Waals surface area contributed by atoms with Gasteiger partial charge in [-0.2, -0.15) is 0 Å². The van der Waals surface area contributed by atoms with E-state index in [9.17, 15) is 0 Å². The van der Waals surface area contributed by atoms with E-state index in [4.69, 9.17) is 16.5 Å². The molecular formula is C16H40O4Si4. The standard InChI is InChI=1S/C16H40O4Si4/c1-5-9-13-21-17-22(14-10-6-2)19-24(16-12-8-4)20-23(18-21)15-11-7-3/h21-24H,5-16H2,1-4H3. The van der Waals surface area contributed by atoms with Crippen LogP contribution in [-0.4, -0.2) is 37.1 Å². The van der Waals surface area contributed by atoms with E-state index < -0.39 is 37.1 Å². The van der Waals surface area contributed by atoms with Crippen molar-refractivity contribution >= 4 is 37.1 Å². The van der Waals surface area contributed by atoms with E-state index in [1.54, 1.807) is 0 Å². The number of rotatable bonds is 12. The van der Waals surface area contributed by atoms with Crippen molar-refractivity contribution in [1.82, 2.24) is 0 Å². The topological polar surface area (TPSA) is 36.9 Å². The minimum absolute atomic E-state index is 1.13. The van der Waals surface area contributed by atoms with Crippen LogP contribution in [0.15, 0.2) is 0 Å². The SMILES string of the molecule is CCCC[SiH]1O[SiH](CCCC)O[SiH](CCCC)O[SiH](CCCC)O1. The average Bonchev–Trinajstić information content (AvgIpc) is 2.57. The predicted molar refractivity (Wildman–Crippen MR) is 112 cm³/mol. The Morgan fingerprint density at radius 2 is 0.625 bits per heavy atom. The third kappa shape index (κ3) is 10.0. The van der Waals surface area contributed by atoms with E-state index >= 15 is 0 Å². The molecule has 1 heterocycles. The van der Waals surface area contributed by atoms with Crippen LogP contribution in [0.1, 0.15) is 79.1 Å². The van der Waals surface area contributed by atoms with Crippen molar-refractivity contribution in [3.8, 4) is 0 Å². The highest BCUT2D eigenvalue weighted by molar-refractivity contribution is 6.73. The first-order chi connectivity index (χ1) is 11.7. The minimum atomic E-state index is -1.58. The van der Waals surface area contributed by atoms with Crippen LogP contribution in [0.4, 0.5) is 0 Å². The molecular weight excluding hydrogens is 369 g/mol. The lowest BCUT2D eigenvalue weighted by molar-refractivity contribution is 0.276. The molecule has 1 saturated heterocycles. The molecule has 0 N–H and O–H groups in total. The molecule has 0 aromatic rings. The Balaban J connectivity index is 2.70.